The van der Waals surface area contributed by atoms with Crippen molar-refractivity contribution in [1.82, 2.24) is 4.72 Å². The topological polar surface area (TPSA) is 118 Å². The number of anilines is 1. The number of nitrogens with one attached hydrogen (secondary N) is 2. The van der Waals surface area contributed by atoms with Crippen molar-refractivity contribution >= 4 is 32.9 Å². The van der Waals surface area contributed by atoms with Crippen LogP contribution in [-0.2, 0) is 10.0 Å². The highest BCUT2D eigenvalue weighted by molar-refractivity contribution is 7.90. The number of nitro benzene ring substituents is 1. The van der Waals surface area contributed by atoms with Gasteiger partial charge in [0.05, 0.1) is 9.82 Å². The van der Waals surface area contributed by atoms with E-state index in [2.05, 4.69) is 16.1 Å². The standard InChI is InChI=1S/C32H39N3O5S/c36-31(27-10-8-26(9-11-27)25-6-4-2-1-3-5-7-25)34-41(39,40)28-12-13-29(30(17-28)35(37)38)33-21-32-18-22-14-23(19-32)16-24(15-22)20-32/h6,8-13,17,22-24,33H,1-5,7,14-16,18-21H2,(H,34,36)/b25-6+. The van der Waals surface area contributed by atoms with E-state index in [-0.39, 0.29) is 21.6 Å². The SMILES string of the molecule is O=C(NS(=O)(=O)c1ccc(NCC23CC4CC(CC(C4)C2)C3)c([N+](=O)[O-])c1)c1ccc(/C2=C/CCCCCC2)cc1. The van der Waals surface area contributed by atoms with Gasteiger partial charge in [0.15, 0.2) is 0 Å². The highest BCUT2D eigenvalue weighted by Crippen LogP contribution is 2.60. The predicted molar refractivity (Wildman–Crippen MR) is 159 cm³/mol. The molecule has 4 bridgehead atoms. The number of allylic oxidation sites excluding steroid dienone is 2. The average molecular weight is 578 g/mol. The number of hydrogen-bond acceptors (Lipinski definition) is 6. The summed E-state index contributed by atoms with van der Waals surface area (Å²) in [5.74, 6) is 1.53. The molecular weight excluding hydrogens is 538 g/mol. The number of amides is 1. The van der Waals surface area contributed by atoms with E-state index < -0.39 is 20.9 Å². The maximum absolute atomic E-state index is 13.1. The fourth-order valence-electron chi connectivity index (χ4n) is 8.30. The third kappa shape index (κ3) is 6.05. The molecule has 4 fully saturated rings. The second kappa shape index (κ2) is 11.2. The van der Waals surface area contributed by atoms with Gasteiger partial charge in [-0.3, -0.25) is 14.9 Å². The van der Waals surface area contributed by atoms with Crippen molar-refractivity contribution in [1.29, 1.82) is 0 Å². The van der Waals surface area contributed by atoms with Crippen LogP contribution in [0, 0.1) is 33.3 Å². The first kappa shape index (κ1) is 27.9. The van der Waals surface area contributed by atoms with Gasteiger partial charge in [-0.05, 0) is 123 Å². The molecule has 2 N–H and O–H groups in total. The minimum atomic E-state index is -4.31. The smallest absolute Gasteiger partial charge is 0.293 e. The van der Waals surface area contributed by atoms with Gasteiger partial charge in [-0.25, -0.2) is 13.1 Å². The van der Waals surface area contributed by atoms with Crippen LogP contribution in [0.15, 0.2) is 53.4 Å². The molecule has 0 spiro atoms. The van der Waals surface area contributed by atoms with Crippen molar-refractivity contribution in [3.63, 3.8) is 0 Å². The molecule has 0 radical (unpaired) electrons. The molecule has 0 aromatic heterocycles. The second-order valence-corrected chi connectivity index (χ2v) is 14.6. The van der Waals surface area contributed by atoms with E-state index in [9.17, 15) is 23.3 Å². The molecule has 0 heterocycles. The summed E-state index contributed by atoms with van der Waals surface area (Å²) in [6.45, 7) is 0.660. The third-order valence-corrected chi connectivity index (χ3v) is 11.2. The number of sulfonamides is 1. The Morgan fingerprint density at radius 1 is 0.927 bits per heavy atom. The lowest BCUT2D eigenvalue weighted by molar-refractivity contribution is -0.384. The molecule has 5 aliphatic carbocycles. The van der Waals surface area contributed by atoms with Gasteiger partial charge in [0.1, 0.15) is 5.69 Å². The van der Waals surface area contributed by atoms with Crippen LogP contribution in [0.5, 0.6) is 0 Å². The van der Waals surface area contributed by atoms with Crippen LogP contribution in [0.4, 0.5) is 11.4 Å². The first-order chi connectivity index (χ1) is 19.7. The maximum atomic E-state index is 13.1. The fraction of sp³-hybridized carbons (Fsp3) is 0.531. The van der Waals surface area contributed by atoms with E-state index in [1.807, 2.05) is 12.1 Å². The Kier molecular flexibility index (Phi) is 7.66. The lowest BCUT2D eigenvalue weighted by Gasteiger charge is -2.57. The fourth-order valence-corrected chi connectivity index (χ4v) is 9.29. The molecular formula is C32H39N3O5S. The van der Waals surface area contributed by atoms with Gasteiger partial charge >= 0.3 is 0 Å². The van der Waals surface area contributed by atoms with Gasteiger partial charge in [0.2, 0.25) is 0 Å². The Balaban J connectivity index is 1.14. The summed E-state index contributed by atoms with van der Waals surface area (Å²) in [6, 6.07) is 10.8. The van der Waals surface area contributed by atoms with E-state index in [0.717, 1.165) is 67.9 Å². The molecule has 2 aromatic carbocycles. The van der Waals surface area contributed by atoms with Crippen LogP contribution in [-0.4, -0.2) is 25.8 Å². The highest BCUT2D eigenvalue weighted by Gasteiger charge is 2.50. The first-order valence-corrected chi connectivity index (χ1v) is 16.6. The Hall–Kier alpha value is -3.20. The summed E-state index contributed by atoms with van der Waals surface area (Å²) in [5.41, 5.74) is 2.69. The summed E-state index contributed by atoms with van der Waals surface area (Å²) in [4.78, 5) is 23.9. The highest BCUT2D eigenvalue weighted by atomic mass is 32.2. The molecule has 0 aliphatic heterocycles. The Morgan fingerprint density at radius 2 is 1.59 bits per heavy atom. The number of carbonyl (C=O) groups excluding carboxylic acids is 1. The molecule has 0 saturated heterocycles. The lowest BCUT2D eigenvalue weighted by Crippen LogP contribution is -2.49. The number of hydrogen-bond donors (Lipinski definition) is 2. The van der Waals surface area contributed by atoms with Gasteiger partial charge in [-0.1, -0.05) is 31.1 Å². The van der Waals surface area contributed by atoms with Crippen molar-refractivity contribution < 1.29 is 18.1 Å². The first-order valence-electron chi connectivity index (χ1n) is 15.1. The van der Waals surface area contributed by atoms with Gasteiger partial charge in [0, 0.05) is 18.2 Å². The number of rotatable bonds is 8. The van der Waals surface area contributed by atoms with Gasteiger partial charge in [0.25, 0.3) is 21.6 Å². The zero-order valence-corrected chi connectivity index (χ0v) is 24.3. The zero-order valence-electron chi connectivity index (χ0n) is 23.4. The normalized spacial score (nSPS) is 28.7. The molecule has 9 heteroatoms. The van der Waals surface area contributed by atoms with Crippen molar-refractivity contribution in [2.45, 2.75) is 81.9 Å². The Morgan fingerprint density at radius 3 is 2.24 bits per heavy atom. The Bertz CT molecular complexity index is 1430. The van der Waals surface area contributed by atoms with Gasteiger partial charge in [-0.2, -0.15) is 0 Å². The Labute approximate surface area is 242 Å². The maximum Gasteiger partial charge on any atom is 0.293 e. The molecule has 0 atom stereocenters. The van der Waals surface area contributed by atoms with Crippen LogP contribution in [0.25, 0.3) is 5.57 Å². The van der Waals surface area contributed by atoms with Crippen LogP contribution >= 0.6 is 0 Å². The summed E-state index contributed by atoms with van der Waals surface area (Å²) in [6.07, 6.45) is 16.5. The number of benzene rings is 2. The molecule has 41 heavy (non-hydrogen) atoms. The van der Waals surface area contributed by atoms with E-state index in [1.165, 1.54) is 56.2 Å². The molecule has 7 rings (SSSR count). The van der Waals surface area contributed by atoms with Gasteiger partial charge < -0.3 is 5.32 Å². The van der Waals surface area contributed by atoms with Crippen molar-refractivity contribution in [2.24, 2.45) is 23.2 Å². The van der Waals surface area contributed by atoms with Crippen molar-refractivity contribution in [3.05, 3.63) is 69.8 Å². The van der Waals surface area contributed by atoms with E-state index in [4.69, 9.17) is 0 Å². The minimum absolute atomic E-state index is 0.170. The number of carbonyl (C=O) groups is 1. The summed E-state index contributed by atoms with van der Waals surface area (Å²) in [5, 5.41) is 15.3. The molecule has 218 valence electrons. The van der Waals surface area contributed by atoms with Crippen LogP contribution in [0.2, 0.25) is 0 Å². The van der Waals surface area contributed by atoms with E-state index in [0.29, 0.717) is 12.2 Å². The lowest BCUT2D eigenvalue weighted by atomic mass is 9.49. The van der Waals surface area contributed by atoms with E-state index in [1.54, 1.807) is 12.1 Å². The van der Waals surface area contributed by atoms with Crippen LogP contribution < -0.4 is 10.0 Å². The molecule has 2 aromatic rings. The molecule has 5 aliphatic rings. The number of nitrogens with zero attached hydrogens (tertiary/aromatic N) is 1. The summed E-state index contributed by atoms with van der Waals surface area (Å²) in [7, 11) is -4.31. The third-order valence-electron chi connectivity index (χ3n) is 9.83. The van der Waals surface area contributed by atoms with Crippen molar-refractivity contribution in [3.8, 4) is 0 Å². The predicted octanol–water partition coefficient (Wildman–Crippen LogP) is 7.08. The summed E-state index contributed by atoms with van der Waals surface area (Å²) < 4.78 is 28.3. The molecule has 1 amide bonds. The van der Waals surface area contributed by atoms with Crippen LogP contribution in [0.1, 0.15) is 93.0 Å². The summed E-state index contributed by atoms with van der Waals surface area (Å²) >= 11 is 0. The molecule has 0 unspecified atom stereocenters. The second-order valence-electron chi connectivity index (χ2n) is 12.9. The quantitative estimate of drug-likeness (QED) is 0.256. The van der Waals surface area contributed by atoms with Crippen molar-refractivity contribution in [2.75, 3.05) is 11.9 Å². The zero-order chi connectivity index (χ0) is 28.6. The number of nitro groups is 1. The monoisotopic (exact) mass is 577 g/mol. The molecule has 8 nitrogen and oxygen atoms in total. The largest absolute Gasteiger partial charge is 0.379 e. The van der Waals surface area contributed by atoms with Gasteiger partial charge in [-0.15, -0.1) is 0 Å². The molecule has 4 saturated carbocycles. The van der Waals surface area contributed by atoms with Crippen LogP contribution in [0.3, 0.4) is 0 Å². The minimum Gasteiger partial charge on any atom is -0.379 e. The average Bonchev–Trinajstić information content (AvgIpc) is 2.91. The van der Waals surface area contributed by atoms with E-state index >= 15 is 0 Å².